The number of unbranched alkanes of at least 4 members (excludes halogenated alkanes) is 52. The van der Waals surface area contributed by atoms with E-state index in [0.29, 0.717) is 12.8 Å². The molecule has 14 nitrogen and oxygen atoms in total. The highest BCUT2D eigenvalue weighted by molar-refractivity contribution is 5.76. The van der Waals surface area contributed by atoms with Crippen molar-refractivity contribution in [3.8, 4) is 0 Å². The number of ether oxygens (including phenoxy) is 4. The van der Waals surface area contributed by atoms with Crippen LogP contribution in [-0.4, -0.2) is 140 Å². The Morgan fingerprint density at radius 3 is 1.06 bits per heavy atom. The van der Waals surface area contributed by atoms with E-state index in [9.17, 15) is 45.6 Å². The second-order valence-electron chi connectivity index (χ2n) is 28.9. The predicted octanol–water partition coefficient (Wildman–Crippen LogP) is 18.3. The van der Waals surface area contributed by atoms with E-state index in [1.165, 1.54) is 302 Å². The molecule has 0 aromatic rings. The second-order valence-corrected chi connectivity index (χ2v) is 28.9. The molecule has 0 radical (unpaired) electrons. The fraction of sp³-hybridized carbons (Fsp3) is 0.938. The summed E-state index contributed by atoms with van der Waals surface area (Å²) in [5, 5.41) is 87.7. The summed E-state index contributed by atoms with van der Waals surface area (Å²) in [7, 11) is 0. The Labute approximate surface area is 577 Å². The van der Waals surface area contributed by atoms with Gasteiger partial charge in [0, 0.05) is 6.42 Å². The van der Waals surface area contributed by atoms with Crippen molar-refractivity contribution in [2.75, 3.05) is 19.8 Å². The van der Waals surface area contributed by atoms with E-state index in [4.69, 9.17) is 18.9 Å². The summed E-state index contributed by atoms with van der Waals surface area (Å²) in [6, 6.07) is -0.826. The Morgan fingerprint density at radius 2 is 0.702 bits per heavy atom. The molecule has 94 heavy (non-hydrogen) atoms. The summed E-state index contributed by atoms with van der Waals surface area (Å²) in [6.07, 6.45) is 66.7. The average Bonchev–Trinajstić information content (AvgIpc) is 0.794. The van der Waals surface area contributed by atoms with Gasteiger partial charge in [0.05, 0.1) is 32.0 Å². The summed E-state index contributed by atoms with van der Waals surface area (Å²) in [6.45, 7) is 2.91. The molecule has 0 spiro atoms. The number of nitrogens with one attached hydrogen (secondary N) is 1. The van der Waals surface area contributed by atoms with Gasteiger partial charge in [0.15, 0.2) is 12.6 Å². The van der Waals surface area contributed by atoms with Crippen molar-refractivity contribution < 1.29 is 64.6 Å². The molecular formula is C80H153NO13. The third-order valence-electron chi connectivity index (χ3n) is 20.2. The standard InChI is InChI=1S/C80H153NO13/c1-3-5-7-9-11-13-15-17-19-21-23-24-25-26-27-28-29-30-31-32-33-34-35-36-37-38-39-40-41-42-43-44-46-48-50-52-54-56-58-60-62-64-72(85)81-68(69(84)63-61-59-57-55-53-51-49-47-45-22-20-18-16-14-12-10-8-6-4-2)67-91-79-77(90)75(88)78(71(66-83)93-79)94-80-76(89)74(87)73(86)70(65-82)92-80/h15,17,21,23,68-71,73-80,82-84,86-90H,3-14,16,18-20,22,24-67H2,1-2H3,(H,81,85)/b17-15-,23-21-. The first-order valence-electron chi connectivity index (χ1n) is 40.6. The van der Waals surface area contributed by atoms with Gasteiger partial charge in [-0.2, -0.15) is 0 Å². The van der Waals surface area contributed by atoms with Crippen LogP contribution in [0, 0.1) is 0 Å². The van der Waals surface area contributed by atoms with Crippen LogP contribution in [0.25, 0.3) is 0 Å². The van der Waals surface area contributed by atoms with Crippen LogP contribution in [-0.2, 0) is 23.7 Å². The molecule has 2 fully saturated rings. The number of aliphatic hydroxyl groups excluding tert-OH is 8. The van der Waals surface area contributed by atoms with Crippen LogP contribution >= 0.6 is 0 Å². The lowest BCUT2D eigenvalue weighted by atomic mass is 9.97. The third-order valence-corrected chi connectivity index (χ3v) is 20.2. The van der Waals surface area contributed by atoms with Gasteiger partial charge in [-0.15, -0.1) is 0 Å². The normalized spacial score (nSPS) is 22.5. The molecule has 2 heterocycles. The van der Waals surface area contributed by atoms with Crippen LogP contribution in [0.5, 0.6) is 0 Å². The second kappa shape index (κ2) is 64.8. The summed E-state index contributed by atoms with van der Waals surface area (Å²) >= 11 is 0. The van der Waals surface area contributed by atoms with Crippen molar-refractivity contribution in [2.45, 2.75) is 460 Å². The zero-order chi connectivity index (χ0) is 68.0. The minimum atomic E-state index is -1.78. The van der Waals surface area contributed by atoms with Crippen molar-refractivity contribution in [3.63, 3.8) is 0 Å². The Bertz CT molecular complexity index is 1670. The molecule has 12 atom stereocenters. The Hall–Kier alpha value is -1.53. The predicted molar refractivity (Wildman–Crippen MR) is 388 cm³/mol. The highest BCUT2D eigenvalue weighted by Gasteiger charge is 2.51. The maximum absolute atomic E-state index is 13.4. The fourth-order valence-electron chi connectivity index (χ4n) is 13.7. The molecule has 14 heteroatoms. The molecule has 1 amide bonds. The lowest BCUT2D eigenvalue weighted by Crippen LogP contribution is -2.65. The molecule has 2 rings (SSSR count). The first-order valence-corrected chi connectivity index (χ1v) is 40.6. The molecule has 12 unspecified atom stereocenters. The number of hydrogen-bond acceptors (Lipinski definition) is 13. The van der Waals surface area contributed by atoms with Gasteiger partial charge >= 0.3 is 0 Å². The van der Waals surface area contributed by atoms with Crippen LogP contribution in [0.15, 0.2) is 24.3 Å². The molecule has 556 valence electrons. The fourth-order valence-corrected chi connectivity index (χ4v) is 13.7. The molecular weight excluding hydrogens is 1180 g/mol. The van der Waals surface area contributed by atoms with E-state index < -0.39 is 86.8 Å². The van der Waals surface area contributed by atoms with Crippen LogP contribution < -0.4 is 5.32 Å². The van der Waals surface area contributed by atoms with E-state index in [1.54, 1.807) is 0 Å². The summed E-state index contributed by atoms with van der Waals surface area (Å²) in [5.41, 5.74) is 0. The number of carbonyl (C=O) groups is 1. The van der Waals surface area contributed by atoms with Crippen molar-refractivity contribution in [1.29, 1.82) is 0 Å². The molecule has 0 saturated carbocycles. The zero-order valence-electron chi connectivity index (χ0n) is 61.0. The molecule has 2 aliphatic rings. The SMILES string of the molecule is CCCCCCC/C=C\C/C=C\CCCCCCCCCCCCCCCCCCCCCCCCCCCCCCCC(=O)NC(COC1OC(CO)C(OC2OC(CO)C(O)C(O)C2O)C(O)C1O)C(O)CCCCCCCCCCCCCCCCCCCCC. The lowest BCUT2D eigenvalue weighted by Gasteiger charge is -2.46. The quantitative estimate of drug-likeness (QED) is 0.0204. The first kappa shape index (κ1) is 88.6. The van der Waals surface area contributed by atoms with Crippen LogP contribution in [0.1, 0.15) is 386 Å². The van der Waals surface area contributed by atoms with E-state index in [2.05, 4.69) is 43.5 Å². The van der Waals surface area contributed by atoms with Gasteiger partial charge in [0.2, 0.25) is 5.91 Å². The molecule has 9 N–H and O–H groups in total. The highest BCUT2D eigenvalue weighted by Crippen LogP contribution is 2.30. The van der Waals surface area contributed by atoms with Crippen molar-refractivity contribution in [3.05, 3.63) is 24.3 Å². The van der Waals surface area contributed by atoms with Gasteiger partial charge in [0.1, 0.15) is 48.8 Å². The topological polar surface area (TPSA) is 228 Å². The van der Waals surface area contributed by atoms with Gasteiger partial charge in [-0.25, -0.2) is 0 Å². The van der Waals surface area contributed by atoms with Crippen molar-refractivity contribution in [1.82, 2.24) is 5.32 Å². The molecule has 0 aromatic heterocycles. The van der Waals surface area contributed by atoms with Gasteiger partial charge in [-0.1, -0.05) is 359 Å². The molecule has 0 aliphatic carbocycles. The number of amides is 1. The van der Waals surface area contributed by atoms with E-state index in [0.717, 1.165) is 57.8 Å². The van der Waals surface area contributed by atoms with E-state index in [1.807, 2.05) is 0 Å². The number of hydrogen-bond donors (Lipinski definition) is 9. The highest BCUT2D eigenvalue weighted by atomic mass is 16.7. The summed E-state index contributed by atoms with van der Waals surface area (Å²) in [5.74, 6) is -0.197. The molecule has 0 bridgehead atoms. The van der Waals surface area contributed by atoms with Crippen molar-refractivity contribution in [2.24, 2.45) is 0 Å². The third kappa shape index (κ3) is 47.5. The maximum Gasteiger partial charge on any atom is 0.220 e. The monoisotopic (exact) mass is 1340 g/mol. The Balaban J connectivity index is 1.53. The molecule has 2 aliphatic heterocycles. The van der Waals surface area contributed by atoms with Gasteiger partial charge in [0.25, 0.3) is 0 Å². The smallest absolute Gasteiger partial charge is 0.220 e. The number of aliphatic hydroxyl groups is 8. The first-order chi connectivity index (χ1) is 46.1. The van der Waals surface area contributed by atoms with Crippen LogP contribution in [0.4, 0.5) is 0 Å². The van der Waals surface area contributed by atoms with Crippen LogP contribution in [0.3, 0.4) is 0 Å². The maximum atomic E-state index is 13.4. The summed E-state index contributed by atoms with van der Waals surface area (Å²) in [4.78, 5) is 13.4. The van der Waals surface area contributed by atoms with Gasteiger partial charge in [-0.3, -0.25) is 4.79 Å². The average molecular weight is 1340 g/mol. The Kier molecular flexibility index (Phi) is 61.1. The number of rotatable bonds is 69. The lowest BCUT2D eigenvalue weighted by molar-refractivity contribution is -0.359. The minimum absolute atomic E-state index is 0.197. The Morgan fingerprint density at radius 1 is 0.383 bits per heavy atom. The minimum Gasteiger partial charge on any atom is -0.394 e. The number of allylic oxidation sites excluding steroid dienone is 4. The van der Waals surface area contributed by atoms with Crippen LogP contribution in [0.2, 0.25) is 0 Å². The number of carbonyl (C=O) groups excluding carboxylic acids is 1. The van der Waals surface area contributed by atoms with Gasteiger partial charge < -0.3 is 65.1 Å². The van der Waals surface area contributed by atoms with Gasteiger partial charge in [-0.05, 0) is 44.9 Å². The molecule has 2 saturated heterocycles. The van der Waals surface area contributed by atoms with E-state index >= 15 is 0 Å². The summed E-state index contributed by atoms with van der Waals surface area (Å²) < 4.78 is 23.0. The molecule has 0 aromatic carbocycles. The van der Waals surface area contributed by atoms with Crippen molar-refractivity contribution >= 4 is 5.91 Å². The zero-order valence-corrected chi connectivity index (χ0v) is 61.0. The largest absolute Gasteiger partial charge is 0.394 e. The van der Waals surface area contributed by atoms with E-state index in [-0.39, 0.29) is 12.5 Å².